The van der Waals surface area contributed by atoms with Gasteiger partial charge in [0.2, 0.25) is 0 Å². The Morgan fingerprint density at radius 1 is 2.00 bits per heavy atom. The quantitative estimate of drug-likeness (QED) is 0.505. The number of rotatable bonds is 1. The van der Waals surface area contributed by atoms with Gasteiger partial charge in [-0.15, -0.1) is 0 Å². The van der Waals surface area contributed by atoms with E-state index < -0.39 is 11.6 Å². The predicted octanol–water partition coefficient (Wildman–Crippen LogP) is 1.75. The zero-order valence-electron chi connectivity index (χ0n) is 5.43. The Labute approximate surface area is 72.5 Å². The van der Waals surface area contributed by atoms with Crippen molar-refractivity contribution in [3.63, 3.8) is 0 Å². The summed E-state index contributed by atoms with van der Waals surface area (Å²) in [5.74, 6) is 0. The van der Waals surface area contributed by atoms with Crippen LogP contribution in [0.2, 0.25) is 0 Å². The van der Waals surface area contributed by atoms with Crippen LogP contribution in [0.5, 0.6) is 0 Å². The summed E-state index contributed by atoms with van der Waals surface area (Å²) in [5, 5.41) is 0.620. The van der Waals surface area contributed by atoms with Crippen molar-refractivity contribution in [2.75, 3.05) is 11.9 Å². The summed E-state index contributed by atoms with van der Waals surface area (Å²) >= 11 is 8.84. The average Bonchev–Trinajstić information content (AvgIpc) is 2.19. The molecule has 0 aromatic rings. The minimum absolute atomic E-state index is 0.348. The molecule has 1 atom stereocenters. The summed E-state index contributed by atoms with van der Waals surface area (Å²) in [6.07, 6.45) is -0.469. The van der Waals surface area contributed by atoms with Gasteiger partial charge in [-0.05, 0) is 6.92 Å². The lowest BCUT2D eigenvalue weighted by Gasteiger charge is -2.22. The first-order chi connectivity index (χ1) is 4.60. The first-order valence-electron chi connectivity index (χ1n) is 2.79. The second-order valence-electron chi connectivity index (χ2n) is 2.47. The predicted molar refractivity (Wildman–Crippen MR) is 41.2 cm³/mol. The Morgan fingerprint density at radius 3 is 2.80 bits per heavy atom. The Morgan fingerprint density at radius 2 is 2.60 bits per heavy atom. The molecule has 58 valence electrons. The van der Waals surface area contributed by atoms with Crippen molar-refractivity contribution in [3.05, 3.63) is 0 Å². The van der Waals surface area contributed by atoms with Crippen LogP contribution in [-0.4, -0.2) is 28.0 Å². The van der Waals surface area contributed by atoms with Crippen LogP contribution >= 0.6 is 27.7 Å². The molecule has 5 heteroatoms. The topological polar surface area (TPSA) is 29.5 Å². The van der Waals surface area contributed by atoms with E-state index in [2.05, 4.69) is 15.9 Å². The van der Waals surface area contributed by atoms with Gasteiger partial charge < -0.3 is 4.74 Å². The standard InChI is InChI=1S/C5H7BrClNO2/c1-5(2-6)3-10-4(9)8(5)7/h2-3H2,1H3/t5-/m0/s1. The number of cyclic esters (lactones) is 1. The molecule has 0 spiro atoms. The van der Waals surface area contributed by atoms with E-state index >= 15 is 0 Å². The van der Waals surface area contributed by atoms with E-state index in [1.54, 1.807) is 0 Å². The number of nitrogens with zero attached hydrogens (tertiary/aromatic N) is 1. The number of hydrogen-bond acceptors (Lipinski definition) is 2. The molecule has 0 bridgehead atoms. The molecule has 3 nitrogen and oxygen atoms in total. The normalized spacial score (nSPS) is 32.7. The number of carbonyl (C=O) groups is 1. The van der Waals surface area contributed by atoms with Crippen molar-refractivity contribution < 1.29 is 9.53 Å². The van der Waals surface area contributed by atoms with Gasteiger partial charge in [0.15, 0.2) is 0 Å². The smallest absolute Gasteiger partial charge is 0.425 e. The third-order valence-corrected chi connectivity index (χ3v) is 3.18. The van der Waals surface area contributed by atoms with Crippen LogP contribution in [0.15, 0.2) is 0 Å². The second kappa shape index (κ2) is 2.58. The van der Waals surface area contributed by atoms with Crippen molar-refractivity contribution in [1.82, 2.24) is 4.42 Å². The van der Waals surface area contributed by atoms with Gasteiger partial charge in [0.25, 0.3) is 0 Å². The first kappa shape index (κ1) is 8.14. The van der Waals surface area contributed by atoms with Crippen molar-refractivity contribution in [2.45, 2.75) is 12.5 Å². The molecule has 1 amide bonds. The van der Waals surface area contributed by atoms with E-state index in [9.17, 15) is 4.79 Å². The maximum Gasteiger partial charge on any atom is 0.425 e. The molecule has 1 fully saturated rings. The molecule has 0 aromatic heterocycles. The van der Waals surface area contributed by atoms with Gasteiger partial charge in [-0.3, -0.25) is 0 Å². The third kappa shape index (κ3) is 1.10. The number of amides is 1. The highest BCUT2D eigenvalue weighted by Gasteiger charge is 2.42. The van der Waals surface area contributed by atoms with Crippen molar-refractivity contribution in [1.29, 1.82) is 0 Å². The Bertz CT molecular complexity index is 166. The molecular formula is C5H7BrClNO2. The molecule has 1 heterocycles. The average molecular weight is 228 g/mol. The van der Waals surface area contributed by atoms with Gasteiger partial charge in [0, 0.05) is 17.1 Å². The lowest BCUT2D eigenvalue weighted by Crippen LogP contribution is -2.39. The summed E-state index contributed by atoms with van der Waals surface area (Å²) in [5.41, 5.74) is -0.390. The van der Waals surface area contributed by atoms with Crippen LogP contribution < -0.4 is 0 Å². The van der Waals surface area contributed by atoms with Gasteiger partial charge in [-0.2, -0.15) is 0 Å². The fourth-order valence-electron chi connectivity index (χ4n) is 0.642. The maximum atomic E-state index is 10.7. The molecule has 0 aromatic carbocycles. The highest BCUT2D eigenvalue weighted by Crippen LogP contribution is 2.27. The monoisotopic (exact) mass is 227 g/mol. The Hall–Kier alpha value is 0.0400. The Balaban J connectivity index is 2.73. The van der Waals surface area contributed by atoms with Gasteiger partial charge >= 0.3 is 6.09 Å². The largest absolute Gasteiger partial charge is 0.446 e. The minimum atomic E-state index is -0.469. The van der Waals surface area contributed by atoms with Crippen molar-refractivity contribution >= 4 is 33.8 Å². The maximum absolute atomic E-state index is 10.7. The van der Waals surface area contributed by atoms with Crippen molar-refractivity contribution in [3.8, 4) is 0 Å². The molecule has 0 radical (unpaired) electrons. The highest BCUT2D eigenvalue weighted by molar-refractivity contribution is 9.09. The summed E-state index contributed by atoms with van der Waals surface area (Å²) in [6.45, 7) is 2.19. The van der Waals surface area contributed by atoms with Crippen LogP contribution in [0, 0.1) is 0 Å². The van der Waals surface area contributed by atoms with Crippen LogP contribution in [0.1, 0.15) is 6.92 Å². The molecule has 0 aliphatic carbocycles. The van der Waals surface area contributed by atoms with Gasteiger partial charge in [0.05, 0.1) is 0 Å². The number of hydrogen-bond donors (Lipinski definition) is 0. The number of carbonyl (C=O) groups excluding carboxylic acids is 1. The molecule has 1 saturated heterocycles. The van der Waals surface area contributed by atoms with Crippen molar-refractivity contribution in [2.24, 2.45) is 0 Å². The fraction of sp³-hybridized carbons (Fsp3) is 0.800. The molecule has 0 unspecified atom stereocenters. The molecule has 10 heavy (non-hydrogen) atoms. The van der Waals surface area contributed by atoms with Gasteiger partial charge in [-0.25, -0.2) is 9.21 Å². The zero-order valence-corrected chi connectivity index (χ0v) is 7.78. The van der Waals surface area contributed by atoms with E-state index in [0.29, 0.717) is 11.9 Å². The molecule has 1 aliphatic heterocycles. The summed E-state index contributed by atoms with van der Waals surface area (Å²) in [4.78, 5) is 10.7. The van der Waals surface area contributed by atoms with E-state index in [0.717, 1.165) is 4.42 Å². The van der Waals surface area contributed by atoms with Crippen LogP contribution in [0.3, 0.4) is 0 Å². The minimum Gasteiger partial charge on any atom is -0.446 e. The van der Waals surface area contributed by atoms with Crippen LogP contribution in [-0.2, 0) is 4.74 Å². The summed E-state index contributed by atoms with van der Waals surface area (Å²) < 4.78 is 5.78. The molecule has 1 aliphatic rings. The molecule has 0 N–H and O–H groups in total. The summed E-state index contributed by atoms with van der Waals surface area (Å²) in [7, 11) is 0. The molecule has 1 rings (SSSR count). The molecular weight excluding hydrogens is 221 g/mol. The SMILES string of the molecule is C[C@]1(CBr)COC(=O)N1Cl. The lowest BCUT2D eigenvalue weighted by molar-refractivity contribution is 0.170. The van der Waals surface area contributed by atoms with Gasteiger partial charge in [0.1, 0.15) is 12.1 Å². The van der Waals surface area contributed by atoms with E-state index in [-0.39, 0.29) is 0 Å². The van der Waals surface area contributed by atoms with Crippen LogP contribution in [0.25, 0.3) is 0 Å². The second-order valence-corrected chi connectivity index (χ2v) is 3.36. The summed E-state index contributed by atoms with van der Waals surface area (Å²) in [6, 6.07) is 0. The number of alkyl halides is 1. The zero-order chi connectivity index (χ0) is 7.78. The van der Waals surface area contributed by atoms with E-state index in [4.69, 9.17) is 16.5 Å². The molecule has 0 saturated carbocycles. The van der Waals surface area contributed by atoms with E-state index in [1.807, 2.05) is 6.92 Å². The van der Waals surface area contributed by atoms with Crippen LogP contribution in [0.4, 0.5) is 4.79 Å². The Kier molecular flexibility index (Phi) is 2.10. The number of halogens is 2. The highest BCUT2D eigenvalue weighted by atomic mass is 79.9. The number of ether oxygens (including phenoxy) is 1. The lowest BCUT2D eigenvalue weighted by atomic mass is 10.1. The third-order valence-electron chi connectivity index (χ3n) is 1.43. The fourth-order valence-corrected chi connectivity index (χ4v) is 1.36. The van der Waals surface area contributed by atoms with Gasteiger partial charge in [-0.1, -0.05) is 15.9 Å². The first-order valence-corrected chi connectivity index (χ1v) is 4.25. The van der Waals surface area contributed by atoms with E-state index in [1.165, 1.54) is 0 Å².